The van der Waals surface area contributed by atoms with Crippen LogP contribution in [-0.2, 0) is 0 Å². The zero-order valence-corrected chi connectivity index (χ0v) is 15.1. The van der Waals surface area contributed by atoms with E-state index in [0.717, 1.165) is 14.9 Å². The minimum absolute atomic E-state index is 0.252. The minimum Gasteiger partial charge on any atom is -0.496 e. The first kappa shape index (κ1) is 17.2. The van der Waals surface area contributed by atoms with E-state index in [1.54, 1.807) is 25.3 Å². The highest BCUT2D eigenvalue weighted by molar-refractivity contribution is 14.1. The highest BCUT2D eigenvalue weighted by Gasteiger charge is 2.07. The van der Waals surface area contributed by atoms with Crippen molar-refractivity contribution in [1.29, 1.82) is 0 Å². The summed E-state index contributed by atoms with van der Waals surface area (Å²) < 4.78 is 6.05. The van der Waals surface area contributed by atoms with Gasteiger partial charge in [-0.2, -0.15) is 5.10 Å². The molecule has 0 atom stereocenters. The zero-order chi connectivity index (χ0) is 16.7. The molecule has 23 heavy (non-hydrogen) atoms. The topological polar surface area (TPSA) is 50.7 Å². The van der Waals surface area contributed by atoms with Crippen LogP contribution in [0.4, 0.5) is 0 Å². The molecule has 0 aliphatic rings. The molecule has 1 amide bonds. The van der Waals surface area contributed by atoms with E-state index in [1.165, 1.54) is 0 Å². The van der Waals surface area contributed by atoms with Crippen LogP contribution in [0.15, 0.2) is 59.7 Å². The molecule has 0 spiro atoms. The van der Waals surface area contributed by atoms with Crippen molar-refractivity contribution < 1.29 is 9.53 Å². The standard InChI is InChI=1S/C18H17IN2O2/c1-13(8-9-14-6-4-3-5-7-14)20-21-18(22)15-10-11-17(23-2)16(19)12-15/h3-12H,1-2H3,(H,21,22)/b9-8-,20-13?. The van der Waals surface area contributed by atoms with E-state index in [1.807, 2.05) is 49.4 Å². The SMILES string of the molecule is COc1ccc(C(=O)NN=C(C)/C=C\c2ccccc2)cc1I. The van der Waals surface area contributed by atoms with Crippen LogP contribution in [0.2, 0.25) is 0 Å². The Morgan fingerprint density at radius 2 is 1.96 bits per heavy atom. The van der Waals surface area contributed by atoms with Gasteiger partial charge in [-0.3, -0.25) is 4.79 Å². The second-order valence-corrected chi connectivity index (χ2v) is 5.95. The van der Waals surface area contributed by atoms with Crippen molar-refractivity contribution in [2.24, 2.45) is 5.10 Å². The van der Waals surface area contributed by atoms with Gasteiger partial charge in [0.1, 0.15) is 5.75 Å². The lowest BCUT2D eigenvalue weighted by atomic mass is 10.2. The van der Waals surface area contributed by atoms with Crippen molar-refractivity contribution in [1.82, 2.24) is 5.43 Å². The molecular weight excluding hydrogens is 403 g/mol. The zero-order valence-electron chi connectivity index (χ0n) is 12.9. The smallest absolute Gasteiger partial charge is 0.271 e. The highest BCUT2D eigenvalue weighted by atomic mass is 127. The average molecular weight is 420 g/mol. The number of nitrogens with one attached hydrogen (secondary N) is 1. The van der Waals surface area contributed by atoms with Gasteiger partial charge in [0.15, 0.2) is 0 Å². The second-order valence-electron chi connectivity index (χ2n) is 4.79. The van der Waals surface area contributed by atoms with Gasteiger partial charge in [0, 0.05) is 5.56 Å². The molecule has 0 heterocycles. The summed E-state index contributed by atoms with van der Waals surface area (Å²) in [6, 6.07) is 15.2. The van der Waals surface area contributed by atoms with Gasteiger partial charge < -0.3 is 4.74 Å². The van der Waals surface area contributed by atoms with Gasteiger partial charge in [-0.25, -0.2) is 5.43 Å². The number of rotatable bonds is 5. The normalized spacial score (nSPS) is 11.5. The highest BCUT2D eigenvalue weighted by Crippen LogP contribution is 2.21. The van der Waals surface area contributed by atoms with Crippen molar-refractivity contribution >= 4 is 40.3 Å². The molecule has 0 saturated carbocycles. The number of carbonyl (C=O) groups is 1. The fraction of sp³-hybridized carbons (Fsp3) is 0.111. The lowest BCUT2D eigenvalue weighted by molar-refractivity contribution is 0.0954. The van der Waals surface area contributed by atoms with Gasteiger partial charge in [-0.05, 0) is 59.4 Å². The van der Waals surface area contributed by atoms with Crippen LogP contribution in [-0.4, -0.2) is 18.7 Å². The van der Waals surface area contributed by atoms with E-state index in [9.17, 15) is 4.79 Å². The van der Waals surface area contributed by atoms with Crippen molar-refractivity contribution in [2.75, 3.05) is 7.11 Å². The minimum atomic E-state index is -0.252. The third-order valence-electron chi connectivity index (χ3n) is 3.06. The molecular formula is C18H17IN2O2. The van der Waals surface area contributed by atoms with Gasteiger partial charge >= 0.3 is 0 Å². The first-order chi connectivity index (χ1) is 11.1. The summed E-state index contributed by atoms with van der Waals surface area (Å²) in [6.45, 7) is 1.83. The Morgan fingerprint density at radius 3 is 2.61 bits per heavy atom. The molecule has 5 heteroatoms. The van der Waals surface area contributed by atoms with E-state index < -0.39 is 0 Å². The maximum atomic E-state index is 12.1. The Labute approximate surface area is 149 Å². The molecule has 0 aromatic heterocycles. The number of ether oxygens (including phenoxy) is 1. The molecule has 0 aliphatic carbocycles. The van der Waals surface area contributed by atoms with Crippen molar-refractivity contribution in [3.8, 4) is 5.75 Å². The molecule has 4 nitrogen and oxygen atoms in total. The third kappa shape index (κ3) is 5.21. The van der Waals surface area contributed by atoms with Crippen molar-refractivity contribution in [2.45, 2.75) is 6.92 Å². The Balaban J connectivity index is 2.00. The molecule has 0 bridgehead atoms. The predicted molar refractivity (Wildman–Crippen MR) is 102 cm³/mol. The van der Waals surface area contributed by atoms with E-state index in [2.05, 4.69) is 33.1 Å². The van der Waals surface area contributed by atoms with Gasteiger partial charge in [0.2, 0.25) is 0 Å². The van der Waals surface area contributed by atoms with Gasteiger partial charge in [-0.15, -0.1) is 0 Å². The molecule has 2 aromatic rings. The molecule has 0 aliphatic heterocycles. The average Bonchev–Trinajstić information content (AvgIpc) is 2.58. The molecule has 2 rings (SSSR count). The molecule has 1 N–H and O–H groups in total. The summed E-state index contributed by atoms with van der Waals surface area (Å²) in [4.78, 5) is 12.1. The molecule has 2 aromatic carbocycles. The van der Waals surface area contributed by atoms with E-state index in [-0.39, 0.29) is 5.91 Å². The number of halogens is 1. The number of nitrogens with zero attached hydrogens (tertiary/aromatic N) is 1. The lowest BCUT2D eigenvalue weighted by Crippen LogP contribution is -2.18. The van der Waals surface area contributed by atoms with Crippen molar-refractivity contribution in [3.05, 3.63) is 69.3 Å². The summed E-state index contributed by atoms with van der Waals surface area (Å²) in [5.41, 5.74) is 4.89. The lowest BCUT2D eigenvalue weighted by Gasteiger charge is -2.05. The monoisotopic (exact) mass is 420 g/mol. The van der Waals surface area contributed by atoms with Crippen LogP contribution in [0.1, 0.15) is 22.8 Å². The van der Waals surface area contributed by atoms with Crippen LogP contribution in [0.3, 0.4) is 0 Å². The Bertz CT molecular complexity index is 740. The summed E-state index contributed by atoms with van der Waals surface area (Å²) in [7, 11) is 1.60. The molecule has 0 radical (unpaired) electrons. The number of hydrogen-bond acceptors (Lipinski definition) is 3. The van der Waals surface area contributed by atoms with Crippen LogP contribution >= 0.6 is 22.6 Å². The van der Waals surface area contributed by atoms with Crippen molar-refractivity contribution in [3.63, 3.8) is 0 Å². The van der Waals surface area contributed by atoms with E-state index in [0.29, 0.717) is 11.3 Å². The van der Waals surface area contributed by atoms with Gasteiger partial charge in [0.05, 0.1) is 16.4 Å². The Morgan fingerprint density at radius 1 is 1.22 bits per heavy atom. The number of benzene rings is 2. The fourth-order valence-electron chi connectivity index (χ4n) is 1.83. The summed E-state index contributed by atoms with van der Waals surface area (Å²) in [5, 5.41) is 4.08. The molecule has 0 saturated heterocycles. The molecule has 118 valence electrons. The number of hydrogen-bond donors (Lipinski definition) is 1. The summed E-state index contributed by atoms with van der Waals surface area (Å²) >= 11 is 2.13. The van der Waals surface area contributed by atoms with Gasteiger partial charge in [0.25, 0.3) is 5.91 Å². The van der Waals surface area contributed by atoms with Crippen LogP contribution in [0.25, 0.3) is 6.08 Å². The number of hydrazone groups is 1. The summed E-state index contributed by atoms with van der Waals surface area (Å²) in [6.07, 6.45) is 3.80. The molecule has 0 fully saturated rings. The van der Waals surface area contributed by atoms with Crippen LogP contribution < -0.4 is 10.2 Å². The number of allylic oxidation sites excluding steroid dienone is 1. The van der Waals surface area contributed by atoms with E-state index >= 15 is 0 Å². The Hall–Kier alpha value is -2.15. The van der Waals surface area contributed by atoms with E-state index in [4.69, 9.17) is 4.74 Å². The first-order valence-corrected chi connectivity index (χ1v) is 8.09. The summed E-state index contributed by atoms with van der Waals surface area (Å²) in [5.74, 6) is 0.491. The quantitative estimate of drug-likeness (QED) is 0.450. The first-order valence-electron chi connectivity index (χ1n) is 7.01. The predicted octanol–water partition coefficient (Wildman–Crippen LogP) is 4.12. The maximum absolute atomic E-state index is 12.1. The maximum Gasteiger partial charge on any atom is 0.271 e. The number of amides is 1. The number of carbonyl (C=O) groups excluding carboxylic acids is 1. The Kier molecular flexibility index (Phi) is 6.34. The molecule has 0 unspecified atom stereocenters. The third-order valence-corrected chi connectivity index (χ3v) is 3.91. The van der Waals surface area contributed by atoms with Crippen LogP contribution in [0.5, 0.6) is 5.75 Å². The van der Waals surface area contributed by atoms with Crippen LogP contribution in [0, 0.1) is 3.57 Å². The second kappa shape index (κ2) is 8.47. The fourth-order valence-corrected chi connectivity index (χ4v) is 2.56. The largest absolute Gasteiger partial charge is 0.496 e. The number of methoxy groups -OCH3 is 1. The van der Waals surface area contributed by atoms with Gasteiger partial charge in [-0.1, -0.05) is 36.4 Å².